The Morgan fingerprint density at radius 1 is 1.00 bits per heavy atom. The van der Waals surface area contributed by atoms with Crippen molar-refractivity contribution in [3.05, 3.63) is 71.8 Å². The van der Waals surface area contributed by atoms with E-state index in [-0.39, 0.29) is 23.7 Å². The molecule has 0 unspecified atom stereocenters. The van der Waals surface area contributed by atoms with Gasteiger partial charge in [0.1, 0.15) is 0 Å². The maximum Gasteiger partial charge on any atom is 0.233 e. The summed E-state index contributed by atoms with van der Waals surface area (Å²) >= 11 is 0. The van der Waals surface area contributed by atoms with Crippen molar-refractivity contribution in [2.75, 3.05) is 0 Å². The molecular weight excluding hydrogens is 274 g/mol. The van der Waals surface area contributed by atoms with Crippen LogP contribution in [0.15, 0.2) is 60.7 Å². The third-order valence-corrected chi connectivity index (χ3v) is 4.39. The zero-order chi connectivity index (χ0) is 15.5. The predicted molar refractivity (Wildman–Crippen MR) is 85.0 cm³/mol. The van der Waals surface area contributed by atoms with Crippen LogP contribution in [0.5, 0.6) is 0 Å². The summed E-state index contributed by atoms with van der Waals surface area (Å²) in [6.07, 6.45) is 0.307. The summed E-state index contributed by atoms with van der Waals surface area (Å²) in [7, 11) is 0. The standard InChI is InChI=1S/C19H19NO2/c1-14(16-10-6-3-7-11-16)17-12-18(21)20(19(17)22)13-15-8-4-2-5-9-15/h2-11,14,17H,12-13H2,1H3/t14-,17+/m0/s1. The van der Waals surface area contributed by atoms with Crippen molar-refractivity contribution in [2.24, 2.45) is 5.92 Å². The smallest absolute Gasteiger partial charge is 0.233 e. The number of likely N-dealkylation sites (tertiary alicyclic amines) is 1. The van der Waals surface area contributed by atoms with Crippen molar-refractivity contribution in [1.82, 2.24) is 4.90 Å². The normalized spacial score (nSPS) is 19.5. The molecule has 112 valence electrons. The van der Waals surface area contributed by atoms with E-state index in [2.05, 4.69) is 0 Å². The molecule has 1 heterocycles. The van der Waals surface area contributed by atoms with Crippen LogP contribution in [0.25, 0.3) is 0 Å². The van der Waals surface area contributed by atoms with Crippen LogP contribution >= 0.6 is 0 Å². The highest BCUT2D eigenvalue weighted by molar-refractivity contribution is 6.03. The fourth-order valence-electron chi connectivity index (χ4n) is 3.02. The van der Waals surface area contributed by atoms with E-state index in [0.29, 0.717) is 13.0 Å². The van der Waals surface area contributed by atoms with E-state index in [1.165, 1.54) is 4.90 Å². The summed E-state index contributed by atoms with van der Waals surface area (Å²) in [5.74, 6) is -0.316. The molecule has 2 aromatic rings. The molecule has 1 fully saturated rings. The van der Waals surface area contributed by atoms with Crippen LogP contribution in [0, 0.1) is 5.92 Å². The summed E-state index contributed by atoms with van der Waals surface area (Å²) in [6.45, 7) is 2.40. The van der Waals surface area contributed by atoms with Crippen molar-refractivity contribution in [1.29, 1.82) is 0 Å². The Hall–Kier alpha value is -2.42. The van der Waals surface area contributed by atoms with Crippen molar-refractivity contribution < 1.29 is 9.59 Å². The first-order valence-electron chi connectivity index (χ1n) is 7.60. The van der Waals surface area contributed by atoms with E-state index in [9.17, 15) is 9.59 Å². The van der Waals surface area contributed by atoms with Gasteiger partial charge < -0.3 is 0 Å². The average molecular weight is 293 g/mol. The molecule has 1 aliphatic heterocycles. The number of carbonyl (C=O) groups excluding carboxylic acids is 2. The van der Waals surface area contributed by atoms with Gasteiger partial charge in [-0.3, -0.25) is 14.5 Å². The molecule has 2 aromatic carbocycles. The highest BCUT2D eigenvalue weighted by atomic mass is 16.2. The molecule has 1 aliphatic rings. The summed E-state index contributed by atoms with van der Waals surface area (Å²) in [6, 6.07) is 19.6. The van der Waals surface area contributed by atoms with Gasteiger partial charge in [-0.1, -0.05) is 67.6 Å². The summed E-state index contributed by atoms with van der Waals surface area (Å²) in [5.41, 5.74) is 2.09. The Bertz CT molecular complexity index is 666. The van der Waals surface area contributed by atoms with Gasteiger partial charge in [-0.05, 0) is 17.0 Å². The highest BCUT2D eigenvalue weighted by Crippen LogP contribution is 2.34. The van der Waals surface area contributed by atoms with E-state index in [0.717, 1.165) is 11.1 Å². The fraction of sp³-hybridized carbons (Fsp3) is 0.263. The first-order chi connectivity index (χ1) is 10.7. The lowest BCUT2D eigenvalue weighted by Gasteiger charge is -2.19. The Labute approximate surface area is 130 Å². The van der Waals surface area contributed by atoms with E-state index >= 15 is 0 Å². The summed E-state index contributed by atoms with van der Waals surface area (Å²) in [5, 5.41) is 0. The van der Waals surface area contributed by atoms with E-state index in [4.69, 9.17) is 0 Å². The minimum absolute atomic E-state index is 0.0507. The first-order valence-corrected chi connectivity index (χ1v) is 7.60. The van der Waals surface area contributed by atoms with Crippen LogP contribution in [-0.4, -0.2) is 16.7 Å². The number of nitrogens with zero attached hydrogens (tertiary/aromatic N) is 1. The van der Waals surface area contributed by atoms with Gasteiger partial charge in [0.05, 0.1) is 12.5 Å². The van der Waals surface area contributed by atoms with Crippen LogP contribution in [0.4, 0.5) is 0 Å². The second-order valence-corrected chi connectivity index (χ2v) is 5.81. The second kappa shape index (κ2) is 6.14. The molecule has 0 saturated carbocycles. The maximum atomic E-state index is 12.6. The number of imide groups is 1. The van der Waals surface area contributed by atoms with E-state index < -0.39 is 0 Å². The SMILES string of the molecule is C[C@@H](c1ccccc1)[C@H]1CC(=O)N(Cc2ccccc2)C1=O. The molecule has 3 heteroatoms. The largest absolute Gasteiger partial charge is 0.278 e. The average Bonchev–Trinajstić information content (AvgIpc) is 2.84. The van der Waals surface area contributed by atoms with Gasteiger partial charge >= 0.3 is 0 Å². The maximum absolute atomic E-state index is 12.6. The van der Waals surface area contributed by atoms with Crippen molar-refractivity contribution in [3.8, 4) is 0 Å². The Kier molecular flexibility index (Phi) is 4.05. The number of rotatable bonds is 4. The van der Waals surface area contributed by atoms with Crippen LogP contribution < -0.4 is 0 Å². The van der Waals surface area contributed by atoms with Crippen molar-refractivity contribution in [3.63, 3.8) is 0 Å². The van der Waals surface area contributed by atoms with Crippen molar-refractivity contribution in [2.45, 2.75) is 25.8 Å². The van der Waals surface area contributed by atoms with Gasteiger partial charge in [0.2, 0.25) is 11.8 Å². The van der Waals surface area contributed by atoms with Crippen molar-refractivity contribution >= 4 is 11.8 Å². The lowest BCUT2D eigenvalue weighted by atomic mass is 9.86. The minimum atomic E-state index is -0.251. The van der Waals surface area contributed by atoms with Gasteiger partial charge in [0.15, 0.2) is 0 Å². The van der Waals surface area contributed by atoms with Crippen LogP contribution in [0.3, 0.4) is 0 Å². The molecule has 2 atom stereocenters. The predicted octanol–water partition coefficient (Wildman–Crippen LogP) is 3.37. The number of carbonyl (C=O) groups is 2. The van der Waals surface area contributed by atoms with Gasteiger partial charge in [0, 0.05) is 6.42 Å². The van der Waals surface area contributed by atoms with Crippen LogP contribution in [0.1, 0.15) is 30.4 Å². The Balaban J connectivity index is 1.77. The molecule has 0 spiro atoms. The van der Waals surface area contributed by atoms with E-state index in [1.54, 1.807) is 0 Å². The first kappa shape index (κ1) is 14.5. The highest BCUT2D eigenvalue weighted by Gasteiger charge is 2.41. The Morgan fingerprint density at radius 2 is 1.59 bits per heavy atom. The summed E-state index contributed by atoms with van der Waals surface area (Å²) in [4.78, 5) is 26.3. The number of amides is 2. The van der Waals surface area contributed by atoms with Crippen LogP contribution in [0.2, 0.25) is 0 Å². The van der Waals surface area contributed by atoms with E-state index in [1.807, 2.05) is 67.6 Å². The molecule has 2 amide bonds. The number of hydrogen-bond acceptors (Lipinski definition) is 2. The van der Waals surface area contributed by atoms with Gasteiger partial charge in [-0.25, -0.2) is 0 Å². The molecule has 22 heavy (non-hydrogen) atoms. The molecule has 0 N–H and O–H groups in total. The summed E-state index contributed by atoms with van der Waals surface area (Å²) < 4.78 is 0. The Morgan fingerprint density at radius 3 is 2.23 bits per heavy atom. The number of hydrogen-bond donors (Lipinski definition) is 0. The third kappa shape index (κ3) is 2.80. The van der Waals surface area contributed by atoms with Gasteiger partial charge in [0.25, 0.3) is 0 Å². The molecule has 0 radical (unpaired) electrons. The monoisotopic (exact) mass is 293 g/mol. The molecule has 0 aromatic heterocycles. The number of benzene rings is 2. The zero-order valence-electron chi connectivity index (χ0n) is 12.6. The molecular formula is C19H19NO2. The molecule has 3 nitrogen and oxygen atoms in total. The lowest BCUT2D eigenvalue weighted by Crippen LogP contribution is -2.31. The quantitative estimate of drug-likeness (QED) is 0.811. The second-order valence-electron chi connectivity index (χ2n) is 5.81. The molecule has 0 aliphatic carbocycles. The van der Waals surface area contributed by atoms with Gasteiger partial charge in [-0.2, -0.15) is 0 Å². The third-order valence-electron chi connectivity index (χ3n) is 4.39. The zero-order valence-corrected chi connectivity index (χ0v) is 12.6. The molecule has 0 bridgehead atoms. The fourth-order valence-corrected chi connectivity index (χ4v) is 3.02. The van der Waals surface area contributed by atoms with Gasteiger partial charge in [-0.15, -0.1) is 0 Å². The lowest BCUT2D eigenvalue weighted by molar-refractivity contribution is -0.140. The molecule has 1 saturated heterocycles. The topological polar surface area (TPSA) is 37.4 Å². The molecule has 3 rings (SSSR count). The minimum Gasteiger partial charge on any atom is -0.278 e. The van der Waals surface area contributed by atoms with Crippen LogP contribution in [-0.2, 0) is 16.1 Å².